The fourth-order valence-electron chi connectivity index (χ4n) is 3.52. The number of rotatable bonds is 13. The third kappa shape index (κ3) is 6.76. The zero-order chi connectivity index (χ0) is 27.2. The van der Waals surface area contributed by atoms with Crippen molar-refractivity contribution in [3.05, 3.63) is 59.4 Å². The lowest BCUT2D eigenvalue weighted by Crippen LogP contribution is -2.44. The van der Waals surface area contributed by atoms with Crippen molar-refractivity contribution >= 4 is 13.7 Å². The van der Waals surface area contributed by atoms with Crippen LogP contribution in [-0.4, -0.2) is 28.3 Å². The first-order valence-corrected chi connectivity index (χ1v) is 12.9. The molecule has 0 saturated heterocycles. The first-order chi connectivity index (χ1) is 16.9. The molecule has 0 aliphatic rings. The Labute approximate surface area is 206 Å². The fourth-order valence-corrected chi connectivity index (χ4v) is 5.52. The van der Waals surface area contributed by atoms with Crippen molar-refractivity contribution in [1.82, 2.24) is 4.67 Å². The summed E-state index contributed by atoms with van der Waals surface area (Å²) in [6.45, 7) is 6.81. The summed E-state index contributed by atoms with van der Waals surface area (Å²) in [5.41, 5.74) is 0. The minimum atomic E-state index is -5.11. The minimum Gasteiger partial charge on any atom is -0.480 e. The summed E-state index contributed by atoms with van der Waals surface area (Å²) >= 11 is 0. The van der Waals surface area contributed by atoms with Gasteiger partial charge in [0.1, 0.15) is 11.8 Å². The van der Waals surface area contributed by atoms with E-state index in [1.807, 2.05) is 0 Å². The fraction of sp³-hybridized carbons (Fsp3) is 0.458. The highest BCUT2D eigenvalue weighted by Crippen LogP contribution is 2.55. The zero-order valence-electron chi connectivity index (χ0n) is 20.3. The predicted octanol–water partition coefficient (Wildman–Crippen LogP) is 7.19. The molecule has 12 heteroatoms. The van der Waals surface area contributed by atoms with Gasteiger partial charge in [0, 0.05) is 6.54 Å². The monoisotopic (exact) mass is 537 g/mol. The summed E-state index contributed by atoms with van der Waals surface area (Å²) in [6, 6.07) is 5.66. The van der Waals surface area contributed by atoms with Gasteiger partial charge in [-0.1, -0.05) is 58.7 Å². The first-order valence-electron chi connectivity index (χ1n) is 11.4. The Hall–Kier alpha value is -2.65. The quantitative estimate of drug-likeness (QED) is 0.126. The number of halogens is 5. The predicted molar refractivity (Wildman–Crippen MR) is 123 cm³/mol. The van der Waals surface area contributed by atoms with Crippen molar-refractivity contribution in [2.45, 2.75) is 53.0 Å². The molecule has 0 saturated carbocycles. The SMILES string of the molecule is CCC(CC)CN([C@@H](CC(C)C)C(=O)O)[P@](=O)(Oc1ccccc1)Oc1c(F)c(F)c(F)c(F)c1F. The van der Waals surface area contributed by atoms with Gasteiger partial charge in [0.2, 0.25) is 34.8 Å². The van der Waals surface area contributed by atoms with Gasteiger partial charge in [0.05, 0.1) is 0 Å². The highest BCUT2D eigenvalue weighted by atomic mass is 31.2. The Morgan fingerprint density at radius 3 is 1.86 bits per heavy atom. The van der Waals surface area contributed by atoms with Gasteiger partial charge in [-0.05, 0) is 30.4 Å². The van der Waals surface area contributed by atoms with E-state index in [4.69, 9.17) is 9.05 Å². The van der Waals surface area contributed by atoms with Crippen LogP contribution in [0.25, 0.3) is 0 Å². The molecule has 0 aliphatic carbocycles. The second kappa shape index (κ2) is 12.5. The minimum absolute atomic E-state index is 0.0713. The van der Waals surface area contributed by atoms with Crippen LogP contribution in [0.5, 0.6) is 11.5 Å². The average Bonchev–Trinajstić information content (AvgIpc) is 2.84. The Balaban J connectivity index is 2.78. The van der Waals surface area contributed by atoms with Gasteiger partial charge in [0.25, 0.3) is 0 Å². The van der Waals surface area contributed by atoms with E-state index in [0.29, 0.717) is 12.8 Å². The molecule has 0 aliphatic heterocycles. The molecule has 6 nitrogen and oxygen atoms in total. The molecule has 0 unspecified atom stereocenters. The van der Waals surface area contributed by atoms with Crippen molar-refractivity contribution in [3.8, 4) is 11.5 Å². The van der Waals surface area contributed by atoms with Crippen LogP contribution in [0, 0.1) is 40.9 Å². The van der Waals surface area contributed by atoms with Crippen LogP contribution in [0.15, 0.2) is 30.3 Å². The molecule has 0 bridgehead atoms. The number of para-hydroxylation sites is 1. The number of carboxylic acid groups (broad SMARTS) is 1. The Morgan fingerprint density at radius 2 is 1.42 bits per heavy atom. The van der Waals surface area contributed by atoms with Gasteiger partial charge in [0.15, 0.2) is 0 Å². The summed E-state index contributed by atoms with van der Waals surface area (Å²) in [4.78, 5) is 12.3. The average molecular weight is 537 g/mol. The van der Waals surface area contributed by atoms with Crippen LogP contribution in [0.3, 0.4) is 0 Å². The van der Waals surface area contributed by atoms with Crippen LogP contribution in [0.4, 0.5) is 22.0 Å². The number of benzene rings is 2. The highest BCUT2D eigenvalue weighted by Gasteiger charge is 2.47. The van der Waals surface area contributed by atoms with Gasteiger partial charge in [-0.3, -0.25) is 4.79 Å². The number of aliphatic carboxylic acids is 1. The zero-order valence-corrected chi connectivity index (χ0v) is 21.2. The molecule has 0 amide bonds. The molecule has 2 atom stereocenters. The van der Waals surface area contributed by atoms with Gasteiger partial charge in [-0.2, -0.15) is 13.5 Å². The Kier molecular flexibility index (Phi) is 10.3. The van der Waals surface area contributed by atoms with Gasteiger partial charge in [-0.15, -0.1) is 0 Å². The van der Waals surface area contributed by atoms with Crippen LogP contribution < -0.4 is 9.05 Å². The van der Waals surface area contributed by atoms with E-state index in [2.05, 4.69) is 0 Å². The summed E-state index contributed by atoms with van der Waals surface area (Å²) in [6.07, 6.45) is 0.946. The third-order valence-electron chi connectivity index (χ3n) is 5.59. The molecule has 0 radical (unpaired) electrons. The van der Waals surface area contributed by atoms with Gasteiger partial charge < -0.3 is 14.2 Å². The van der Waals surface area contributed by atoms with Crippen molar-refractivity contribution in [2.24, 2.45) is 11.8 Å². The summed E-state index contributed by atoms with van der Waals surface area (Å²) in [5, 5.41) is 9.99. The molecule has 1 N–H and O–H groups in total. The highest BCUT2D eigenvalue weighted by molar-refractivity contribution is 7.52. The molecule has 2 rings (SSSR count). The van der Waals surface area contributed by atoms with E-state index in [0.717, 1.165) is 4.67 Å². The summed E-state index contributed by atoms with van der Waals surface area (Å²) in [7, 11) is -5.11. The first kappa shape index (κ1) is 29.6. The van der Waals surface area contributed by atoms with E-state index < -0.39 is 54.6 Å². The molecular formula is C24H29F5NO5P. The molecule has 0 fully saturated rings. The van der Waals surface area contributed by atoms with E-state index in [9.17, 15) is 36.4 Å². The maximum absolute atomic E-state index is 14.5. The largest absolute Gasteiger partial charge is 0.516 e. The Morgan fingerprint density at radius 1 is 0.917 bits per heavy atom. The number of carboxylic acids is 1. The van der Waals surface area contributed by atoms with Crippen LogP contribution in [0.1, 0.15) is 47.0 Å². The van der Waals surface area contributed by atoms with Crippen LogP contribution in [-0.2, 0) is 9.36 Å². The van der Waals surface area contributed by atoms with E-state index in [1.165, 1.54) is 24.3 Å². The maximum atomic E-state index is 14.5. The maximum Gasteiger partial charge on any atom is 0.516 e. The topological polar surface area (TPSA) is 76.1 Å². The lowest BCUT2D eigenvalue weighted by Gasteiger charge is -2.36. The second-order valence-corrected chi connectivity index (χ2v) is 10.5. The molecule has 200 valence electrons. The summed E-state index contributed by atoms with van der Waals surface area (Å²) in [5.74, 6) is -15.6. The van der Waals surface area contributed by atoms with Crippen molar-refractivity contribution in [3.63, 3.8) is 0 Å². The number of hydrogen-bond donors (Lipinski definition) is 1. The second-order valence-electron chi connectivity index (χ2n) is 8.65. The summed E-state index contributed by atoms with van der Waals surface area (Å²) < 4.78 is 96.2. The van der Waals surface area contributed by atoms with E-state index in [-0.39, 0.29) is 30.6 Å². The van der Waals surface area contributed by atoms with Crippen molar-refractivity contribution in [2.75, 3.05) is 6.54 Å². The van der Waals surface area contributed by atoms with Crippen molar-refractivity contribution < 1.29 is 45.5 Å². The smallest absolute Gasteiger partial charge is 0.480 e. The lowest BCUT2D eigenvalue weighted by molar-refractivity contribution is -0.142. The Bertz CT molecular complexity index is 1070. The third-order valence-corrected chi connectivity index (χ3v) is 7.52. The number of carbonyl (C=O) groups is 1. The van der Waals surface area contributed by atoms with Crippen LogP contribution in [0.2, 0.25) is 0 Å². The van der Waals surface area contributed by atoms with Gasteiger partial charge in [-0.25, -0.2) is 17.7 Å². The normalized spacial score (nSPS) is 14.2. The molecule has 2 aromatic carbocycles. The van der Waals surface area contributed by atoms with Crippen LogP contribution >= 0.6 is 7.75 Å². The number of hydrogen-bond acceptors (Lipinski definition) is 4. The molecule has 2 aromatic rings. The lowest BCUT2D eigenvalue weighted by atomic mass is 10.0. The molecular weight excluding hydrogens is 508 g/mol. The van der Waals surface area contributed by atoms with Crippen molar-refractivity contribution in [1.29, 1.82) is 0 Å². The van der Waals surface area contributed by atoms with E-state index in [1.54, 1.807) is 33.8 Å². The molecule has 0 aromatic heterocycles. The standard InChI is InChI=1S/C24H29F5NO5P/c1-5-15(6-2)13-30(17(24(31)32)12-14(3)4)36(33,34-16-10-8-7-9-11-16)35-23-21(28)19(26)18(25)20(27)22(23)29/h7-11,14-15,17H,5-6,12-13H2,1-4H3,(H,31,32)/t17-,36-/m0/s1. The molecule has 0 spiro atoms. The van der Waals surface area contributed by atoms with E-state index >= 15 is 0 Å². The molecule has 36 heavy (non-hydrogen) atoms. The molecule has 0 heterocycles. The van der Waals surface area contributed by atoms with Gasteiger partial charge >= 0.3 is 13.7 Å². The number of nitrogens with zero attached hydrogens (tertiary/aromatic N) is 1.